The molecule has 0 aromatic heterocycles. The molecule has 7 heteroatoms. The first-order valence-corrected chi connectivity index (χ1v) is 6.12. The van der Waals surface area contributed by atoms with Gasteiger partial charge in [-0.25, -0.2) is 0 Å². The number of benzene rings is 1. The van der Waals surface area contributed by atoms with Gasteiger partial charge < -0.3 is 15.8 Å². The summed E-state index contributed by atoms with van der Waals surface area (Å²) in [6.07, 6.45) is -3.99. The minimum atomic E-state index is -4.81. The molecule has 0 radical (unpaired) electrons. The number of ether oxygens (including phenoxy) is 1. The Balaban J connectivity index is 2.69. The van der Waals surface area contributed by atoms with Crippen molar-refractivity contribution in [2.75, 3.05) is 12.3 Å². The van der Waals surface area contributed by atoms with Crippen LogP contribution in [0, 0.1) is 5.92 Å². The molecule has 0 atom stereocenters. The van der Waals surface area contributed by atoms with E-state index < -0.39 is 12.1 Å². The molecular formula is C13H17F3N2O2. The molecule has 0 bridgehead atoms. The first kappa shape index (κ1) is 16.1. The van der Waals surface area contributed by atoms with Gasteiger partial charge in [-0.15, -0.1) is 13.2 Å². The molecule has 0 saturated heterocycles. The Bertz CT molecular complexity index is 473. The minimum Gasteiger partial charge on any atom is -0.404 e. The summed E-state index contributed by atoms with van der Waals surface area (Å²) in [5.74, 6) is -0.449. The summed E-state index contributed by atoms with van der Waals surface area (Å²) in [5, 5.41) is 2.67. The number of nitrogens with two attached hydrogens (primary N) is 1. The molecule has 112 valence electrons. The van der Waals surface area contributed by atoms with Crippen molar-refractivity contribution in [1.82, 2.24) is 5.32 Å². The normalized spacial score (nSPS) is 11.5. The first-order valence-electron chi connectivity index (χ1n) is 6.12. The van der Waals surface area contributed by atoms with Gasteiger partial charge in [0, 0.05) is 12.1 Å². The van der Waals surface area contributed by atoms with Crippen LogP contribution < -0.4 is 15.8 Å². The van der Waals surface area contributed by atoms with Gasteiger partial charge in [-0.1, -0.05) is 13.8 Å². The molecule has 20 heavy (non-hydrogen) atoms. The van der Waals surface area contributed by atoms with E-state index in [-0.39, 0.29) is 17.2 Å². The molecule has 0 fully saturated rings. The fourth-order valence-corrected chi connectivity index (χ4v) is 1.48. The van der Waals surface area contributed by atoms with Crippen molar-refractivity contribution in [2.45, 2.75) is 26.6 Å². The van der Waals surface area contributed by atoms with Crippen LogP contribution in [0.5, 0.6) is 5.75 Å². The van der Waals surface area contributed by atoms with Crippen LogP contribution in [0.1, 0.15) is 30.6 Å². The highest BCUT2D eigenvalue weighted by molar-refractivity contribution is 5.95. The van der Waals surface area contributed by atoms with E-state index in [1.165, 1.54) is 6.07 Å². The van der Waals surface area contributed by atoms with E-state index in [9.17, 15) is 18.0 Å². The quantitative estimate of drug-likeness (QED) is 0.819. The number of carbonyl (C=O) groups excluding carboxylic acids is 1. The van der Waals surface area contributed by atoms with E-state index in [2.05, 4.69) is 10.1 Å². The molecule has 0 unspecified atom stereocenters. The average molecular weight is 290 g/mol. The molecule has 0 aliphatic heterocycles. The zero-order valence-electron chi connectivity index (χ0n) is 11.3. The van der Waals surface area contributed by atoms with E-state index in [4.69, 9.17) is 5.73 Å². The van der Waals surface area contributed by atoms with Crippen molar-refractivity contribution < 1.29 is 22.7 Å². The van der Waals surface area contributed by atoms with Crippen molar-refractivity contribution in [3.05, 3.63) is 23.8 Å². The smallest absolute Gasteiger partial charge is 0.404 e. The van der Waals surface area contributed by atoms with Gasteiger partial charge in [0.05, 0.1) is 5.69 Å². The Morgan fingerprint density at radius 2 is 2.05 bits per heavy atom. The van der Waals surface area contributed by atoms with Gasteiger partial charge in [-0.05, 0) is 30.5 Å². The van der Waals surface area contributed by atoms with Crippen LogP contribution >= 0.6 is 0 Å². The Morgan fingerprint density at radius 3 is 2.55 bits per heavy atom. The number of nitrogen functional groups attached to an aromatic ring is 1. The lowest BCUT2D eigenvalue weighted by molar-refractivity contribution is -0.274. The summed E-state index contributed by atoms with van der Waals surface area (Å²) in [6.45, 7) is 4.54. The largest absolute Gasteiger partial charge is 0.573 e. The van der Waals surface area contributed by atoms with Crippen LogP contribution in [0.4, 0.5) is 18.9 Å². The lowest BCUT2D eigenvalue weighted by Crippen LogP contribution is -2.25. The fourth-order valence-electron chi connectivity index (χ4n) is 1.48. The molecule has 1 rings (SSSR count). The molecule has 4 nitrogen and oxygen atoms in total. The lowest BCUT2D eigenvalue weighted by atomic mass is 10.1. The second-order valence-electron chi connectivity index (χ2n) is 4.74. The van der Waals surface area contributed by atoms with E-state index in [1.807, 2.05) is 13.8 Å². The van der Waals surface area contributed by atoms with Crippen molar-refractivity contribution >= 4 is 11.6 Å². The fraction of sp³-hybridized carbons (Fsp3) is 0.462. The average Bonchev–Trinajstić information content (AvgIpc) is 2.29. The highest BCUT2D eigenvalue weighted by Crippen LogP contribution is 2.28. The van der Waals surface area contributed by atoms with Gasteiger partial charge in [-0.2, -0.15) is 0 Å². The molecular weight excluding hydrogens is 273 g/mol. The second-order valence-corrected chi connectivity index (χ2v) is 4.74. The third-order valence-corrected chi connectivity index (χ3v) is 2.50. The van der Waals surface area contributed by atoms with Crippen molar-refractivity contribution in [1.29, 1.82) is 0 Å². The van der Waals surface area contributed by atoms with E-state index in [1.54, 1.807) is 0 Å². The maximum absolute atomic E-state index is 12.1. The summed E-state index contributed by atoms with van der Waals surface area (Å²) in [5.41, 5.74) is 5.40. The number of hydrogen-bond acceptors (Lipinski definition) is 3. The number of halogens is 3. The van der Waals surface area contributed by atoms with Crippen LogP contribution in [0.15, 0.2) is 18.2 Å². The van der Waals surface area contributed by atoms with Crippen LogP contribution in [-0.4, -0.2) is 18.8 Å². The summed E-state index contributed by atoms with van der Waals surface area (Å²) in [4.78, 5) is 11.7. The maximum atomic E-state index is 12.1. The van der Waals surface area contributed by atoms with Gasteiger partial charge in [0.15, 0.2) is 5.75 Å². The highest BCUT2D eigenvalue weighted by Gasteiger charge is 2.32. The molecule has 0 aliphatic carbocycles. The number of carbonyl (C=O) groups is 1. The van der Waals surface area contributed by atoms with Crippen LogP contribution in [0.3, 0.4) is 0 Å². The molecule has 1 amide bonds. The van der Waals surface area contributed by atoms with Crippen molar-refractivity contribution in [2.24, 2.45) is 5.92 Å². The molecule has 1 aromatic rings. The zero-order valence-corrected chi connectivity index (χ0v) is 11.3. The first-order chi connectivity index (χ1) is 9.19. The third-order valence-electron chi connectivity index (χ3n) is 2.50. The number of amides is 1. The minimum absolute atomic E-state index is 0.195. The topological polar surface area (TPSA) is 64.3 Å². The van der Waals surface area contributed by atoms with Crippen molar-refractivity contribution in [3.63, 3.8) is 0 Å². The molecule has 0 saturated carbocycles. The van der Waals surface area contributed by atoms with Gasteiger partial charge in [0.25, 0.3) is 5.91 Å². The molecule has 0 heterocycles. The number of hydrogen-bond donors (Lipinski definition) is 2. The van der Waals surface area contributed by atoms with Crippen molar-refractivity contribution in [3.8, 4) is 5.75 Å². The molecule has 1 aromatic carbocycles. The van der Waals surface area contributed by atoms with Crippen LogP contribution in [-0.2, 0) is 0 Å². The molecule has 3 N–H and O–H groups in total. The summed E-state index contributed by atoms with van der Waals surface area (Å²) in [7, 11) is 0. The summed E-state index contributed by atoms with van der Waals surface area (Å²) >= 11 is 0. The standard InChI is InChI=1S/C13H17F3N2O2/c1-8(2)5-6-18-12(19)9-3-4-11(10(17)7-9)20-13(14,15)16/h3-4,7-8H,5-6,17H2,1-2H3,(H,18,19). The Hall–Kier alpha value is -1.92. The molecule has 0 aliphatic rings. The van der Waals surface area contributed by atoms with Gasteiger partial charge in [0.2, 0.25) is 0 Å². The van der Waals surface area contributed by atoms with Gasteiger partial charge in [0.1, 0.15) is 0 Å². The number of rotatable bonds is 5. The number of anilines is 1. The molecule has 0 spiro atoms. The predicted molar refractivity (Wildman–Crippen MR) is 69.3 cm³/mol. The SMILES string of the molecule is CC(C)CCNC(=O)c1ccc(OC(F)(F)F)c(N)c1. The van der Waals surface area contributed by atoms with E-state index in [0.717, 1.165) is 18.6 Å². The Morgan fingerprint density at radius 1 is 1.40 bits per heavy atom. The Kier molecular flexibility index (Phi) is 5.24. The lowest BCUT2D eigenvalue weighted by Gasteiger charge is -2.12. The van der Waals surface area contributed by atoms with Gasteiger partial charge >= 0.3 is 6.36 Å². The van der Waals surface area contributed by atoms with Crippen LogP contribution in [0.25, 0.3) is 0 Å². The van der Waals surface area contributed by atoms with E-state index in [0.29, 0.717) is 12.5 Å². The van der Waals surface area contributed by atoms with E-state index >= 15 is 0 Å². The second kappa shape index (κ2) is 6.49. The summed E-state index contributed by atoms with van der Waals surface area (Å²) < 4.78 is 39.9. The number of alkyl halides is 3. The highest BCUT2D eigenvalue weighted by atomic mass is 19.4. The number of nitrogens with one attached hydrogen (secondary N) is 1. The third kappa shape index (κ3) is 5.38. The Labute approximate surface area is 115 Å². The maximum Gasteiger partial charge on any atom is 0.573 e. The monoisotopic (exact) mass is 290 g/mol. The predicted octanol–water partition coefficient (Wildman–Crippen LogP) is 2.94. The van der Waals surface area contributed by atoms with Gasteiger partial charge in [-0.3, -0.25) is 4.79 Å². The van der Waals surface area contributed by atoms with Crippen LogP contribution in [0.2, 0.25) is 0 Å². The zero-order chi connectivity index (χ0) is 15.3. The summed E-state index contributed by atoms with van der Waals surface area (Å²) in [6, 6.07) is 3.42.